The van der Waals surface area contributed by atoms with E-state index < -0.39 is 36.9 Å². The van der Waals surface area contributed by atoms with Crippen molar-refractivity contribution in [1.29, 1.82) is 0 Å². The normalized spacial score (nSPS) is 14.3. The van der Waals surface area contributed by atoms with Gasteiger partial charge in [0.05, 0.1) is 18.8 Å². The van der Waals surface area contributed by atoms with E-state index in [2.05, 4.69) is 43.5 Å². The lowest BCUT2D eigenvalue weighted by Crippen LogP contribution is -2.53. The van der Waals surface area contributed by atoms with Crippen LogP contribution in [0.25, 0.3) is 0 Å². The maximum Gasteiger partial charge on any atom is 0.249 e. The third kappa shape index (κ3) is 36.4. The van der Waals surface area contributed by atoms with Crippen LogP contribution in [0.2, 0.25) is 0 Å². The highest BCUT2D eigenvalue weighted by Crippen LogP contribution is 2.16. The minimum atomic E-state index is -1.29. The van der Waals surface area contributed by atoms with Crippen LogP contribution in [-0.4, -0.2) is 57.3 Å². The van der Waals surface area contributed by atoms with Crippen molar-refractivity contribution in [3.8, 4) is 0 Å². The molecule has 0 aromatic carbocycles. The topological polar surface area (TPSA) is 110 Å². The third-order valence-corrected chi connectivity index (χ3v) is 11.1. The average Bonchev–Trinajstić information content (AvgIpc) is 3.18. The summed E-state index contributed by atoms with van der Waals surface area (Å²) in [7, 11) is 0. The fraction of sp³-hybridized carbons (Fsp3) is 0.896. The van der Waals surface area contributed by atoms with Gasteiger partial charge in [-0.3, -0.25) is 4.79 Å². The Bertz CT molecular complexity index is 817. The molecule has 0 aliphatic rings. The van der Waals surface area contributed by atoms with Gasteiger partial charge in [0.1, 0.15) is 12.2 Å². The summed E-state index contributed by atoms with van der Waals surface area (Å²) in [4.78, 5) is 12.5. The minimum absolute atomic E-state index is 0.364. The van der Waals surface area contributed by atoms with E-state index in [0.29, 0.717) is 19.3 Å². The summed E-state index contributed by atoms with van der Waals surface area (Å²) in [6.45, 7) is 4.05. The molecule has 1 amide bonds. The van der Waals surface area contributed by atoms with Crippen LogP contribution in [0.4, 0.5) is 0 Å². The van der Waals surface area contributed by atoms with Crippen LogP contribution < -0.4 is 5.32 Å². The second-order valence-corrected chi connectivity index (χ2v) is 16.4. The van der Waals surface area contributed by atoms with Crippen LogP contribution in [0.3, 0.4) is 0 Å². The van der Waals surface area contributed by atoms with E-state index in [0.717, 1.165) is 38.5 Å². The molecule has 0 aliphatic heterocycles. The number of hydrogen-bond acceptors (Lipinski definition) is 5. The molecule has 6 heteroatoms. The van der Waals surface area contributed by atoms with Crippen molar-refractivity contribution in [2.75, 3.05) is 6.61 Å². The highest BCUT2D eigenvalue weighted by atomic mass is 16.3. The van der Waals surface area contributed by atoms with Gasteiger partial charge < -0.3 is 25.7 Å². The van der Waals surface area contributed by atoms with Gasteiger partial charge in [-0.2, -0.15) is 0 Å². The Morgan fingerprint density at radius 1 is 0.444 bits per heavy atom. The molecule has 5 N–H and O–H groups in total. The first kappa shape index (κ1) is 52.8. The van der Waals surface area contributed by atoms with Gasteiger partial charge in [-0.1, -0.05) is 218 Å². The van der Waals surface area contributed by atoms with Gasteiger partial charge in [-0.15, -0.1) is 0 Å². The zero-order chi connectivity index (χ0) is 39.6. The molecule has 0 bridgehead atoms. The molecule has 0 radical (unpaired) electrons. The van der Waals surface area contributed by atoms with E-state index >= 15 is 0 Å². The highest BCUT2D eigenvalue weighted by Gasteiger charge is 2.28. The van der Waals surface area contributed by atoms with E-state index in [9.17, 15) is 25.2 Å². The zero-order valence-corrected chi connectivity index (χ0v) is 36.0. The first-order valence-corrected chi connectivity index (χ1v) is 23.7. The molecule has 0 aromatic rings. The quantitative estimate of drug-likeness (QED) is 0.0314. The molecule has 54 heavy (non-hydrogen) atoms. The van der Waals surface area contributed by atoms with Gasteiger partial charge in [-0.05, 0) is 51.4 Å². The Morgan fingerprint density at radius 3 is 1.17 bits per heavy atom. The summed E-state index contributed by atoms with van der Waals surface area (Å²) in [5.74, 6) is -0.595. The SMILES string of the molecule is CCCCCCCCCCCCCC/C=C/CC/C=C/CCCC(O)C(O)C(CO)NC(=O)C(O)CCCCCCCCCCCCCCCCCCC. The maximum absolute atomic E-state index is 12.5. The molecule has 0 spiro atoms. The van der Waals surface area contributed by atoms with E-state index in [-0.39, 0.29) is 0 Å². The Balaban J connectivity index is 3.76. The molecule has 4 atom stereocenters. The lowest BCUT2D eigenvalue weighted by atomic mass is 10.00. The van der Waals surface area contributed by atoms with Gasteiger partial charge in [0.15, 0.2) is 0 Å². The molecule has 0 aliphatic carbocycles. The molecule has 0 saturated carbocycles. The second kappa shape index (κ2) is 42.9. The van der Waals surface area contributed by atoms with Crippen molar-refractivity contribution in [2.24, 2.45) is 0 Å². The van der Waals surface area contributed by atoms with Crippen LogP contribution in [0.1, 0.15) is 245 Å². The van der Waals surface area contributed by atoms with Crippen LogP contribution in [0.15, 0.2) is 24.3 Å². The number of aliphatic hydroxyl groups is 4. The molecule has 0 rings (SSSR count). The second-order valence-electron chi connectivity index (χ2n) is 16.4. The van der Waals surface area contributed by atoms with Crippen LogP contribution in [-0.2, 0) is 4.79 Å². The van der Waals surface area contributed by atoms with Crippen LogP contribution in [0.5, 0.6) is 0 Å². The molecular formula is C48H93NO5. The Hall–Kier alpha value is -1.21. The van der Waals surface area contributed by atoms with E-state index in [4.69, 9.17) is 0 Å². The lowest BCUT2D eigenvalue weighted by molar-refractivity contribution is -0.132. The number of carbonyl (C=O) groups is 1. The molecule has 0 aromatic heterocycles. The number of aliphatic hydroxyl groups excluding tert-OH is 4. The molecule has 0 saturated heterocycles. The fourth-order valence-corrected chi connectivity index (χ4v) is 7.36. The van der Waals surface area contributed by atoms with Crippen molar-refractivity contribution in [2.45, 2.75) is 269 Å². The summed E-state index contributed by atoms with van der Waals surface area (Å²) < 4.78 is 0. The van der Waals surface area contributed by atoms with E-state index in [1.54, 1.807) is 0 Å². The number of unbranched alkanes of at least 4 members (excludes halogenated alkanes) is 30. The van der Waals surface area contributed by atoms with Crippen molar-refractivity contribution >= 4 is 5.91 Å². The van der Waals surface area contributed by atoms with E-state index in [1.165, 1.54) is 173 Å². The van der Waals surface area contributed by atoms with Gasteiger partial charge in [0.25, 0.3) is 0 Å². The first-order valence-electron chi connectivity index (χ1n) is 23.7. The van der Waals surface area contributed by atoms with Crippen molar-refractivity contribution in [3.05, 3.63) is 24.3 Å². The Morgan fingerprint density at radius 2 is 0.778 bits per heavy atom. The largest absolute Gasteiger partial charge is 0.394 e. The summed E-state index contributed by atoms with van der Waals surface area (Å²) in [5.41, 5.74) is 0. The molecule has 0 fully saturated rings. The summed E-state index contributed by atoms with van der Waals surface area (Å²) in [5, 5.41) is 43.7. The molecule has 320 valence electrons. The zero-order valence-electron chi connectivity index (χ0n) is 36.0. The molecule has 0 heterocycles. The molecular weight excluding hydrogens is 671 g/mol. The van der Waals surface area contributed by atoms with Gasteiger partial charge >= 0.3 is 0 Å². The van der Waals surface area contributed by atoms with Gasteiger partial charge in [0.2, 0.25) is 5.91 Å². The van der Waals surface area contributed by atoms with E-state index in [1.807, 2.05) is 0 Å². The number of nitrogens with one attached hydrogen (secondary N) is 1. The predicted octanol–water partition coefficient (Wildman–Crippen LogP) is 12.7. The lowest BCUT2D eigenvalue weighted by Gasteiger charge is -2.27. The van der Waals surface area contributed by atoms with Crippen molar-refractivity contribution in [3.63, 3.8) is 0 Å². The number of rotatable bonds is 43. The van der Waals surface area contributed by atoms with Gasteiger partial charge in [0, 0.05) is 0 Å². The van der Waals surface area contributed by atoms with Crippen molar-refractivity contribution < 1.29 is 25.2 Å². The highest BCUT2D eigenvalue weighted by molar-refractivity contribution is 5.80. The van der Waals surface area contributed by atoms with Crippen molar-refractivity contribution in [1.82, 2.24) is 5.32 Å². The summed E-state index contributed by atoms with van der Waals surface area (Å²) >= 11 is 0. The number of allylic oxidation sites excluding steroid dienone is 4. The number of hydrogen-bond donors (Lipinski definition) is 5. The number of carbonyl (C=O) groups excluding carboxylic acids is 1. The summed E-state index contributed by atoms with van der Waals surface area (Å²) in [6, 6.07) is -1.00. The first-order chi connectivity index (χ1) is 26.5. The standard InChI is InChI=1S/C48H93NO5/c1-3-5-7-9-11-13-15-17-19-21-22-23-24-26-27-29-31-33-35-37-39-41-45(51)47(53)44(43-50)49-48(54)46(52)42-40-38-36-34-32-30-28-25-20-18-16-14-12-10-8-6-4-2/h26-27,33,35,44-47,50-53H,3-25,28-32,34,36-43H2,1-2H3,(H,49,54)/b27-26+,35-33+. The molecule has 4 unspecified atom stereocenters. The third-order valence-electron chi connectivity index (χ3n) is 11.1. The number of amides is 1. The predicted molar refractivity (Wildman–Crippen MR) is 233 cm³/mol. The molecule has 6 nitrogen and oxygen atoms in total. The summed E-state index contributed by atoms with van der Waals surface area (Å²) in [6.07, 6.45) is 49.3. The monoisotopic (exact) mass is 764 g/mol. The Labute approximate surface area is 335 Å². The van der Waals surface area contributed by atoms with Crippen LogP contribution >= 0.6 is 0 Å². The average molecular weight is 764 g/mol. The van der Waals surface area contributed by atoms with Gasteiger partial charge in [-0.25, -0.2) is 0 Å². The fourth-order valence-electron chi connectivity index (χ4n) is 7.36. The minimum Gasteiger partial charge on any atom is -0.394 e. The maximum atomic E-state index is 12.5. The smallest absolute Gasteiger partial charge is 0.249 e. The Kier molecular flexibility index (Phi) is 42.0. The van der Waals surface area contributed by atoms with Crippen LogP contribution in [0, 0.1) is 0 Å².